The molecule has 0 saturated heterocycles. The smallest absolute Gasteiger partial charge is 0.0588 e. The number of hydrogen-bond acceptors (Lipinski definition) is 1. The fraction of sp³-hybridized carbons (Fsp3) is 0.667. The topological polar surface area (TPSA) is 17.1 Å². The third-order valence-corrected chi connectivity index (χ3v) is 5.83. The molecule has 0 spiro atoms. The molecule has 0 aromatic carbocycles. The first kappa shape index (κ1) is 10.2. The van der Waals surface area contributed by atoms with E-state index in [1.807, 2.05) is 0 Å². The highest BCUT2D eigenvalue weighted by atomic mass is 32.2. The summed E-state index contributed by atoms with van der Waals surface area (Å²) in [5, 5.41) is 0. The molecule has 2 atom stereocenters. The zero-order chi connectivity index (χ0) is 10.3. The Hall–Kier alpha value is -0.370. The van der Waals surface area contributed by atoms with Gasteiger partial charge >= 0.3 is 0 Å². The standard InChI is InChI=1S/C12H18OS/c1-9-8-10-6-4-5-7-11(10)14(13)12(9,2)3/h5,7,9H,4,6,8H2,1-3H3. The predicted molar refractivity (Wildman–Crippen MR) is 61.4 cm³/mol. The van der Waals surface area contributed by atoms with E-state index in [1.165, 1.54) is 5.57 Å². The van der Waals surface area contributed by atoms with Crippen molar-refractivity contribution in [2.24, 2.45) is 5.92 Å². The lowest BCUT2D eigenvalue weighted by Crippen LogP contribution is -2.39. The third kappa shape index (κ3) is 1.40. The zero-order valence-electron chi connectivity index (χ0n) is 9.17. The van der Waals surface area contributed by atoms with Gasteiger partial charge in [-0.1, -0.05) is 24.6 Å². The van der Waals surface area contributed by atoms with Crippen LogP contribution < -0.4 is 0 Å². The van der Waals surface area contributed by atoms with E-state index in [0.717, 1.165) is 24.2 Å². The van der Waals surface area contributed by atoms with Gasteiger partial charge in [0.2, 0.25) is 0 Å². The van der Waals surface area contributed by atoms with Crippen molar-refractivity contribution in [1.29, 1.82) is 0 Å². The van der Waals surface area contributed by atoms with Gasteiger partial charge in [-0.3, -0.25) is 4.21 Å². The summed E-state index contributed by atoms with van der Waals surface area (Å²) in [5.41, 5.74) is 1.44. The van der Waals surface area contributed by atoms with Crippen LogP contribution in [0.1, 0.15) is 40.0 Å². The Morgan fingerprint density at radius 3 is 2.93 bits per heavy atom. The van der Waals surface area contributed by atoms with Crippen LogP contribution in [-0.2, 0) is 10.8 Å². The molecule has 0 amide bonds. The van der Waals surface area contributed by atoms with Gasteiger partial charge in [0.25, 0.3) is 0 Å². The monoisotopic (exact) mass is 210 g/mol. The molecule has 2 unspecified atom stereocenters. The maximum absolute atomic E-state index is 12.3. The highest BCUT2D eigenvalue weighted by Gasteiger charge is 2.39. The van der Waals surface area contributed by atoms with Gasteiger partial charge in [0.05, 0.1) is 10.8 Å². The van der Waals surface area contributed by atoms with Crippen molar-refractivity contribution in [3.63, 3.8) is 0 Å². The fourth-order valence-corrected chi connectivity index (χ4v) is 3.85. The van der Waals surface area contributed by atoms with E-state index < -0.39 is 10.8 Å². The number of rotatable bonds is 0. The Balaban J connectivity index is 2.44. The van der Waals surface area contributed by atoms with E-state index in [4.69, 9.17) is 0 Å². The lowest BCUT2D eigenvalue weighted by molar-refractivity contribution is 0.431. The van der Waals surface area contributed by atoms with Crippen LogP contribution in [0, 0.1) is 5.92 Å². The van der Waals surface area contributed by atoms with Gasteiger partial charge in [-0.2, -0.15) is 0 Å². The Morgan fingerprint density at radius 1 is 1.50 bits per heavy atom. The molecule has 1 aliphatic heterocycles. The predicted octanol–water partition coefficient (Wildman–Crippen LogP) is 3.16. The summed E-state index contributed by atoms with van der Waals surface area (Å²) >= 11 is 0. The van der Waals surface area contributed by atoms with Crippen LogP contribution >= 0.6 is 0 Å². The third-order valence-electron chi connectivity index (χ3n) is 3.65. The van der Waals surface area contributed by atoms with Crippen molar-refractivity contribution in [2.75, 3.05) is 0 Å². The molecule has 0 aromatic rings. The van der Waals surface area contributed by atoms with Crippen LogP contribution in [0.4, 0.5) is 0 Å². The molecule has 0 bridgehead atoms. The summed E-state index contributed by atoms with van der Waals surface area (Å²) in [7, 11) is -0.804. The van der Waals surface area contributed by atoms with E-state index in [1.54, 1.807) is 0 Å². The van der Waals surface area contributed by atoms with E-state index >= 15 is 0 Å². The maximum Gasteiger partial charge on any atom is 0.0588 e. The van der Waals surface area contributed by atoms with Crippen molar-refractivity contribution in [3.05, 3.63) is 22.6 Å². The Morgan fingerprint density at radius 2 is 2.21 bits per heavy atom. The molecule has 14 heavy (non-hydrogen) atoms. The maximum atomic E-state index is 12.3. The molecule has 0 radical (unpaired) electrons. The minimum atomic E-state index is -0.804. The second kappa shape index (κ2) is 3.34. The van der Waals surface area contributed by atoms with Crippen molar-refractivity contribution < 1.29 is 4.21 Å². The Labute approximate surface area is 88.7 Å². The summed E-state index contributed by atoms with van der Waals surface area (Å²) < 4.78 is 12.2. The minimum Gasteiger partial charge on any atom is -0.254 e. The Bertz CT molecular complexity index is 336. The average Bonchev–Trinajstić information content (AvgIpc) is 2.15. The summed E-state index contributed by atoms with van der Waals surface area (Å²) in [6.07, 6.45) is 7.63. The van der Waals surface area contributed by atoms with Gasteiger partial charge in [0.15, 0.2) is 0 Å². The summed E-state index contributed by atoms with van der Waals surface area (Å²) in [5.74, 6) is 0.536. The normalized spacial score (nSPS) is 35.6. The second-order valence-electron chi connectivity index (χ2n) is 4.89. The highest BCUT2D eigenvalue weighted by molar-refractivity contribution is 7.90. The first-order valence-corrected chi connectivity index (χ1v) is 6.49. The first-order valence-electron chi connectivity index (χ1n) is 5.34. The lowest BCUT2D eigenvalue weighted by Gasteiger charge is -2.38. The van der Waals surface area contributed by atoms with Crippen LogP contribution in [0.3, 0.4) is 0 Å². The zero-order valence-corrected chi connectivity index (χ0v) is 9.99. The largest absolute Gasteiger partial charge is 0.254 e. The van der Waals surface area contributed by atoms with Crippen molar-refractivity contribution in [3.8, 4) is 0 Å². The SMILES string of the molecule is CC1CC2=C(C=CCC2)S(=O)C1(C)C. The van der Waals surface area contributed by atoms with Gasteiger partial charge in [-0.15, -0.1) is 0 Å². The van der Waals surface area contributed by atoms with E-state index in [0.29, 0.717) is 5.92 Å². The molecule has 78 valence electrons. The number of allylic oxidation sites excluding steroid dienone is 3. The molecule has 2 heteroatoms. The summed E-state index contributed by atoms with van der Waals surface area (Å²) in [6.45, 7) is 6.47. The molecular weight excluding hydrogens is 192 g/mol. The van der Waals surface area contributed by atoms with Crippen molar-refractivity contribution in [1.82, 2.24) is 0 Å². The molecule has 0 saturated carbocycles. The van der Waals surface area contributed by atoms with Crippen molar-refractivity contribution in [2.45, 2.75) is 44.8 Å². The quantitative estimate of drug-likeness (QED) is 0.600. The van der Waals surface area contributed by atoms with Gasteiger partial charge in [-0.25, -0.2) is 0 Å². The molecule has 2 rings (SSSR count). The molecule has 1 aliphatic carbocycles. The van der Waals surface area contributed by atoms with Crippen LogP contribution in [0.25, 0.3) is 0 Å². The molecule has 1 nitrogen and oxygen atoms in total. The highest BCUT2D eigenvalue weighted by Crippen LogP contribution is 2.42. The average molecular weight is 210 g/mol. The van der Waals surface area contributed by atoms with Gasteiger partial charge in [0.1, 0.15) is 0 Å². The molecule has 1 heterocycles. The molecule has 0 aromatic heterocycles. The molecule has 0 N–H and O–H groups in total. The Kier molecular flexibility index (Phi) is 2.42. The van der Waals surface area contributed by atoms with Crippen molar-refractivity contribution >= 4 is 10.8 Å². The van der Waals surface area contributed by atoms with E-state index in [-0.39, 0.29) is 4.75 Å². The minimum absolute atomic E-state index is 0.0550. The number of hydrogen-bond donors (Lipinski definition) is 0. The van der Waals surface area contributed by atoms with Gasteiger partial charge in [0, 0.05) is 9.65 Å². The molecule has 2 aliphatic rings. The summed E-state index contributed by atoms with van der Waals surface area (Å²) in [6, 6.07) is 0. The summed E-state index contributed by atoms with van der Waals surface area (Å²) in [4.78, 5) is 1.12. The van der Waals surface area contributed by atoms with Crippen LogP contribution in [-0.4, -0.2) is 8.96 Å². The van der Waals surface area contributed by atoms with Gasteiger partial charge in [-0.05, 0) is 39.0 Å². The molecule has 0 fully saturated rings. The van der Waals surface area contributed by atoms with Gasteiger partial charge < -0.3 is 0 Å². The first-order chi connectivity index (χ1) is 6.53. The van der Waals surface area contributed by atoms with E-state index in [9.17, 15) is 4.21 Å². The lowest BCUT2D eigenvalue weighted by atomic mass is 9.86. The van der Waals surface area contributed by atoms with Crippen LogP contribution in [0.15, 0.2) is 22.6 Å². The molecular formula is C12H18OS. The fourth-order valence-electron chi connectivity index (χ4n) is 2.17. The van der Waals surface area contributed by atoms with Crippen LogP contribution in [0.5, 0.6) is 0 Å². The second-order valence-corrected chi connectivity index (χ2v) is 6.92. The van der Waals surface area contributed by atoms with E-state index in [2.05, 4.69) is 32.9 Å². The van der Waals surface area contributed by atoms with Crippen LogP contribution in [0.2, 0.25) is 0 Å².